The van der Waals surface area contributed by atoms with E-state index in [2.05, 4.69) is 26.1 Å². The highest BCUT2D eigenvalue weighted by atomic mass is 16.6. The van der Waals surface area contributed by atoms with Gasteiger partial charge in [0, 0.05) is 6.42 Å². The summed E-state index contributed by atoms with van der Waals surface area (Å²) in [6.45, 7) is 6.61. The van der Waals surface area contributed by atoms with Crippen molar-refractivity contribution in [3.63, 3.8) is 0 Å². The Morgan fingerprint density at radius 2 is 2.00 bits per heavy atom. The lowest BCUT2D eigenvalue weighted by atomic mass is 9.75. The zero-order chi connectivity index (χ0) is 15.4. The Morgan fingerprint density at radius 1 is 1.24 bits per heavy atom. The molecule has 2 aliphatic rings. The molecule has 0 bridgehead atoms. The number of hydrogen-bond donors (Lipinski definition) is 1. The van der Waals surface area contributed by atoms with E-state index in [0.717, 1.165) is 32.1 Å². The fourth-order valence-electron chi connectivity index (χ4n) is 3.70. The highest BCUT2D eigenvalue weighted by molar-refractivity contribution is 5.87. The molecule has 2 aliphatic carbocycles. The minimum Gasteiger partial charge on any atom is -0.446 e. The molecule has 4 heteroatoms. The van der Waals surface area contributed by atoms with Gasteiger partial charge in [0.2, 0.25) is 0 Å². The predicted octanol–water partition coefficient (Wildman–Crippen LogP) is 3.69. The third-order valence-electron chi connectivity index (χ3n) is 5.07. The average molecular weight is 295 g/mol. The molecule has 1 amide bonds. The van der Waals surface area contributed by atoms with E-state index in [1.807, 2.05) is 0 Å². The topological polar surface area (TPSA) is 55.4 Å². The number of amides is 1. The minimum atomic E-state index is -0.403. The first-order chi connectivity index (χ1) is 9.97. The van der Waals surface area contributed by atoms with E-state index in [-0.39, 0.29) is 17.9 Å². The number of carbonyl (C=O) groups is 2. The van der Waals surface area contributed by atoms with Crippen molar-refractivity contribution in [3.8, 4) is 0 Å². The van der Waals surface area contributed by atoms with Crippen molar-refractivity contribution in [2.75, 3.05) is 0 Å². The molecule has 2 saturated carbocycles. The molecule has 1 N–H and O–H groups in total. The number of nitrogens with one attached hydrogen (secondary N) is 1. The third-order valence-corrected chi connectivity index (χ3v) is 5.07. The maximum atomic E-state index is 12.1. The zero-order valence-corrected chi connectivity index (χ0v) is 13.6. The molecule has 0 radical (unpaired) electrons. The fraction of sp³-hybridized carbons (Fsp3) is 0.882. The molecule has 21 heavy (non-hydrogen) atoms. The van der Waals surface area contributed by atoms with Gasteiger partial charge in [-0.2, -0.15) is 0 Å². The Labute approximate surface area is 128 Å². The molecular weight excluding hydrogens is 266 g/mol. The predicted molar refractivity (Wildman–Crippen MR) is 82.0 cm³/mol. The molecule has 0 aromatic heterocycles. The molecule has 0 aromatic carbocycles. The van der Waals surface area contributed by atoms with E-state index in [1.165, 1.54) is 6.42 Å². The van der Waals surface area contributed by atoms with E-state index < -0.39 is 6.09 Å². The molecule has 120 valence electrons. The molecule has 0 unspecified atom stereocenters. The lowest BCUT2D eigenvalue weighted by Gasteiger charge is -2.37. The number of ether oxygens (including phenoxy) is 1. The standard InChI is InChI=1S/C17H29NO3/c1-11(2)13-9-8-12(3)10-16(13)21-17(20)18-14-6-4-5-7-15(14)19/h11-14,16H,4-10H2,1-3H3,(H,18,20)/t12-,13+,14+,16+/m1/s1. The van der Waals surface area contributed by atoms with Crippen LogP contribution >= 0.6 is 0 Å². The lowest BCUT2D eigenvalue weighted by molar-refractivity contribution is -0.122. The number of ketones is 1. The van der Waals surface area contributed by atoms with E-state index in [9.17, 15) is 9.59 Å². The molecule has 4 nitrogen and oxygen atoms in total. The largest absolute Gasteiger partial charge is 0.446 e. The van der Waals surface area contributed by atoms with Gasteiger partial charge in [-0.3, -0.25) is 4.79 Å². The van der Waals surface area contributed by atoms with Crippen LogP contribution in [0.25, 0.3) is 0 Å². The van der Waals surface area contributed by atoms with Crippen molar-refractivity contribution in [2.45, 2.75) is 77.9 Å². The monoisotopic (exact) mass is 295 g/mol. The summed E-state index contributed by atoms with van der Waals surface area (Å²) in [5.74, 6) is 1.71. The molecule has 0 heterocycles. The van der Waals surface area contributed by atoms with Gasteiger partial charge in [-0.05, 0) is 43.4 Å². The van der Waals surface area contributed by atoms with Gasteiger partial charge in [0.25, 0.3) is 0 Å². The van der Waals surface area contributed by atoms with Crippen LogP contribution < -0.4 is 5.32 Å². The zero-order valence-electron chi connectivity index (χ0n) is 13.6. The SMILES string of the molecule is CC(C)[C@@H]1CC[C@@H](C)C[C@@H]1OC(=O)N[C@H]1CCCCC1=O. The number of hydrogen-bond acceptors (Lipinski definition) is 3. The van der Waals surface area contributed by atoms with Gasteiger partial charge in [0.15, 0.2) is 5.78 Å². The Morgan fingerprint density at radius 3 is 2.67 bits per heavy atom. The Kier molecular flexibility index (Phi) is 5.65. The van der Waals surface area contributed by atoms with Crippen molar-refractivity contribution in [1.29, 1.82) is 0 Å². The second-order valence-corrected chi connectivity index (χ2v) is 7.18. The van der Waals surface area contributed by atoms with Gasteiger partial charge >= 0.3 is 6.09 Å². The Hall–Kier alpha value is -1.06. The van der Waals surface area contributed by atoms with Crippen LogP contribution in [0.3, 0.4) is 0 Å². The number of carbonyl (C=O) groups excluding carboxylic acids is 2. The van der Waals surface area contributed by atoms with Crippen molar-refractivity contribution >= 4 is 11.9 Å². The van der Waals surface area contributed by atoms with Gasteiger partial charge in [-0.15, -0.1) is 0 Å². The minimum absolute atomic E-state index is 0.00700. The lowest BCUT2D eigenvalue weighted by Crippen LogP contribution is -2.45. The van der Waals surface area contributed by atoms with Crippen LogP contribution in [0.1, 0.15) is 65.7 Å². The summed E-state index contributed by atoms with van der Waals surface area (Å²) in [6.07, 6.45) is 6.16. The summed E-state index contributed by atoms with van der Waals surface area (Å²) in [5, 5.41) is 2.78. The normalized spacial score (nSPS) is 33.8. The summed E-state index contributed by atoms with van der Waals surface area (Å²) >= 11 is 0. The van der Waals surface area contributed by atoms with Crippen molar-refractivity contribution in [3.05, 3.63) is 0 Å². The fourth-order valence-corrected chi connectivity index (χ4v) is 3.70. The molecule has 2 rings (SSSR count). The van der Waals surface area contributed by atoms with E-state index in [1.54, 1.807) is 0 Å². The smallest absolute Gasteiger partial charge is 0.408 e. The van der Waals surface area contributed by atoms with E-state index in [0.29, 0.717) is 24.2 Å². The van der Waals surface area contributed by atoms with Crippen LogP contribution in [0.2, 0.25) is 0 Å². The van der Waals surface area contributed by atoms with Crippen LogP contribution in [0.4, 0.5) is 4.79 Å². The number of rotatable bonds is 3. The van der Waals surface area contributed by atoms with Crippen molar-refractivity contribution < 1.29 is 14.3 Å². The van der Waals surface area contributed by atoms with Crippen LogP contribution in [0.5, 0.6) is 0 Å². The molecule has 4 atom stereocenters. The summed E-state index contributed by atoms with van der Waals surface area (Å²) in [4.78, 5) is 23.9. The van der Waals surface area contributed by atoms with Crippen LogP contribution in [0.15, 0.2) is 0 Å². The number of Topliss-reactive ketones (excluding diaryl/α,β-unsaturated/α-hetero) is 1. The summed E-state index contributed by atoms with van der Waals surface area (Å²) in [7, 11) is 0. The van der Waals surface area contributed by atoms with Crippen molar-refractivity contribution in [2.24, 2.45) is 17.8 Å². The quantitative estimate of drug-likeness (QED) is 0.864. The van der Waals surface area contributed by atoms with Gasteiger partial charge in [-0.25, -0.2) is 4.79 Å². The first kappa shape index (κ1) is 16.3. The van der Waals surface area contributed by atoms with E-state index >= 15 is 0 Å². The molecule has 0 spiro atoms. The van der Waals surface area contributed by atoms with Crippen LogP contribution in [0, 0.1) is 17.8 Å². The Bertz CT molecular complexity index is 380. The van der Waals surface area contributed by atoms with Crippen LogP contribution in [-0.2, 0) is 9.53 Å². The first-order valence-electron chi connectivity index (χ1n) is 8.47. The first-order valence-corrected chi connectivity index (χ1v) is 8.47. The van der Waals surface area contributed by atoms with Crippen LogP contribution in [-0.4, -0.2) is 24.0 Å². The molecular formula is C17H29NO3. The Balaban J connectivity index is 1.88. The van der Waals surface area contributed by atoms with Gasteiger partial charge in [0.1, 0.15) is 6.10 Å². The summed E-state index contributed by atoms with van der Waals surface area (Å²) < 4.78 is 5.68. The van der Waals surface area contributed by atoms with Crippen molar-refractivity contribution in [1.82, 2.24) is 5.32 Å². The second-order valence-electron chi connectivity index (χ2n) is 7.18. The highest BCUT2D eigenvalue weighted by Crippen LogP contribution is 2.35. The molecule has 0 aliphatic heterocycles. The molecule has 0 aromatic rings. The van der Waals surface area contributed by atoms with Gasteiger partial charge in [-0.1, -0.05) is 33.6 Å². The second kappa shape index (κ2) is 7.28. The average Bonchev–Trinajstić information content (AvgIpc) is 2.41. The maximum Gasteiger partial charge on any atom is 0.408 e. The molecule has 0 saturated heterocycles. The van der Waals surface area contributed by atoms with E-state index in [4.69, 9.17) is 4.74 Å². The molecule has 2 fully saturated rings. The number of alkyl carbamates (subject to hydrolysis) is 1. The van der Waals surface area contributed by atoms with Gasteiger partial charge < -0.3 is 10.1 Å². The summed E-state index contributed by atoms with van der Waals surface area (Å²) in [6, 6.07) is -0.329. The maximum absolute atomic E-state index is 12.1. The summed E-state index contributed by atoms with van der Waals surface area (Å²) in [5.41, 5.74) is 0. The van der Waals surface area contributed by atoms with Gasteiger partial charge in [0.05, 0.1) is 6.04 Å². The third kappa shape index (κ3) is 4.45. The highest BCUT2D eigenvalue weighted by Gasteiger charge is 2.34.